The number of aryl methyl sites for hydroxylation is 3. The number of nitrogens with zero attached hydrogens (tertiary/aromatic N) is 1. The molecular formula is C17H20N2O3S. The quantitative estimate of drug-likeness (QED) is 0.912. The van der Waals surface area contributed by atoms with Crippen molar-refractivity contribution in [2.75, 3.05) is 10.8 Å². The molecule has 5 nitrogen and oxygen atoms in total. The van der Waals surface area contributed by atoms with Crippen LogP contribution in [0.1, 0.15) is 16.7 Å². The summed E-state index contributed by atoms with van der Waals surface area (Å²) in [4.78, 5) is 11.5. The number of anilines is 1. The molecular weight excluding hydrogens is 312 g/mol. The monoisotopic (exact) mass is 332 g/mol. The summed E-state index contributed by atoms with van der Waals surface area (Å²) in [6, 6.07) is 11.7. The van der Waals surface area contributed by atoms with Gasteiger partial charge in [-0.25, -0.2) is 8.42 Å². The van der Waals surface area contributed by atoms with Gasteiger partial charge in [0, 0.05) is 0 Å². The van der Waals surface area contributed by atoms with Gasteiger partial charge in [-0.1, -0.05) is 23.8 Å². The molecule has 23 heavy (non-hydrogen) atoms. The van der Waals surface area contributed by atoms with E-state index in [2.05, 4.69) is 0 Å². The fourth-order valence-corrected chi connectivity index (χ4v) is 3.60. The van der Waals surface area contributed by atoms with Crippen LogP contribution in [0.5, 0.6) is 0 Å². The topological polar surface area (TPSA) is 80.5 Å². The molecule has 0 saturated carbocycles. The lowest BCUT2D eigenvalue weighted by molar-refractivity contribution is -0.116. The van der Waals surface area contributed by atoms with Crippen molar-refractivity contribution in [3.05, 3.63) is 59.2 Å². The zero-order chi connectivity index (χ0) is 17.2. The zero-order valence-corrected chi connectivity index (χ0v) is 14.2. The van der Waals surface area contributed by atoms with Crippen LogP contribution in [-0.4, -0.2) is 20.9 Å². The summed E-state index contributed by atoms with van der Waals surface area (Å²) in [6.45, 7) is 5.30. The highest BCUT2D eigenvalue weighted by Crippen LogP contribution is 2.25. The minimum absolute atomic E-state index is 0.127. The van der Waals surface area contributed by atoms with Crippen molar-refractivity contribution >= 4 is 21.6 Å². The molecule has 0 aliphatic rings. The first-order valence-electron chi connectivity index (χ1n) is 7.17. The number of rotatable bonds is 5. The minimum atomic E-state index is -3.86. The third kappa shape index (κ3) is 3.71. The number of primary amides is 1. The minimum Gasteiger partial charge on any atom is -0.368 e. The van der Waals surface area contributed by atoms with E-state index in [1.165, 1.54) is 12.1 Å². The van der Waals surface area contributed by atoms with E-state index in [1.807, 2.05) is 26.8 Å². The van der Waals surface area contributed by atoms with Crippen LogP contribution in [0.25, 0.3) is 0 Å². The second-order valence-corrected chi connectivity index (χ2v) is 7.42. The molecule has 0 aliphatic heterocycles. The van der Waals surface area contributed by atoms with E-state index in [-0.39, 0.29) is 4.90 Å². The number of sulfonamides is 1. The Hall–Kier alpha value is -2.34. The van der Waals surface area contributed by atoms with E-state index in [1.54, 1.807) is 24.3 Å². The number of nitrogens with two attached hydrogens (primary N) is 1. The van der Waals surface area contributed by atoms with Crippen molar-refractivity contribution in [2.45, 2.75) is 25.7 Å². The van der Waals surface area contributed by atoms with Gasteiger partial charge in [0.1, 0.15) is 6.54 Å². The molecule has 2 N–H and O–H groups in total. The van der Waals surface area contributed by atoms with Crippen molar-refractivity contribution in [1.29, 1.82) is 0 Å². The first-order valence-corrected chi connectivity index (χ1v) is 8.61. The zero-order valence-electron chi connectivity index (χ0n) is 13.4. The molecule has 0 atom stereocenters. The highest BCUT2D eigenvalue weighted by atomic mass is 32.2. The van der Waals surface area contributed by atoms with Crippen LogP contribution in [0, 0.1) is 20.8 Å². The summed E-state index contributed by atoms with van der Waals surface area (Å²) in [7, 11) is -3.86. The molecule has 0 unspecified atom stereocenters. The van der Waals surface area contributed by atoms with E-state index >= 15 is 0 Å². The van der Waals surface area contributed by atoms with Crippen LogP contribution >= 0.6 is 0 Å². The highest BCUT2D eigenvalue weighted by molar-refractivity contribution is 7.92. The van der Waals surface area contributed by atoms with Gasteiger partial charge in [0.05, 0.1) is 10.6 Å². The van der Waals surface area contributed by atoms with Crippen molar-refractivity contribution in [2.24, 2.45) is 5.73 Å². The maximum absolute atomic E-state index is 12.9. The Morgan fingerprint density at radius 3 is 2.13 bits per heavy atom. The SMILES string of the molecule is Cc1ccc(S(=O)(=O)N(CC(N)=O)c2ccc(C)c(C)c2)cc1. The number of amides is 1. The van der Waals surface area contributed by atoms with Crippen molar-refractivity contribution in [3.63, 3.8) is 0 Å². The maximum Gasteiger partial charge on any atom is 0.264 e. The molecule has 6 heteroatoms. The molecule has 2 aromatic rings. The number of carbonyl (C=O) groups excluding carboxylic acids is 1. The Bertz CT molecular complexity index is 827. The predicted octanol–water partition coefficient (Wildman–Crippen LogP) is 2.29. The maximum atomic E-state index is 12.9. The van der Waals surface area contributed by atoms with E-state index in [0.29, 0.717) is 5.69 Å². The van der Waals surface area contributed by atoms with Gasteiger partial charge in [-0.3, -0.25) is 9.10 Å². The van der Waals surface area contributed by atoms with Gasteiger partial charge in [-0.15, -0.1) is 0 Å². The van der Waals surface area contributed by atoms with Crippen molar-refractivity contribution < 1.29 is 13.2 Å². The Labute approximate surface area is 136 Å². The fourth-order valence-electron chi connectivity index (χ4n) is 2.17. The second kappa shape index (κ2) is 6.42. The molecule has 0 heterocycles. The molecule has 0 aromatic heterocycles. The summed E-state index contributed by atoms with van der Waals surface area (Å²) in [6.07, 6.45) is 0. The van der Waals surface area contributed by atoms with Gasteiger partial charge in [0.2, 0.25) is 5.91 Å². The molecule has 2 aromatic carbocycles. The van der Waals surface area contributed by atoms with Gasteiger partial charge in [-0.2, -0.15) is 0 Å². The van der Waals surface area contributed by atoms with Crippen LogP contribution in [0.15, 0.2) is 47.4 Å². The van der Waals surface area contributed by atoms with Crippen LogP contribution in [-0.2, 0) is 14.8 Å². The van der Waals surface area contributed by atoms with Gasteiger partial charge < -0.3 is 5.73 Å². The van der Waals surface area contributed by atoms with Crippen molar-refractivity contribution in [1.82, 2.24) is 0 Å². The van der Waals surface area contributed by atoms with E-state index < -0.39 is 22.5 Å². The van der Waals surface area contributed by atoms with Crippen LogP contribution in [0.3, 0.4) is 0 Å². The normalized spacial score (nSPS) is 11.3. The van der Waals surface area contributed by atoms with Gasteiger partial charge in [-0.05, 0) is 56.2 Å². The standard InChI is InChI=1S/C17H20N2O3S/c1-12-4-8-16(9-5-12)23(21,22)19(11-17(18)20)15-7-6-13(2)14(3)10-15/h4-10H,11H2,1-3H3,(H2,18,20). The van der Waals surface area contributed by atoms with Gasteiger partial charge >= 0.3 is 0 Å². The molecule has 1 amide bonds. The first kappa shape index (κ1) is 17.0. The molecule has 2 rings (SSSR count). The molecule has 0 radical (unpaired) electrons. The lowest BCUT2D eigenvalue weighted by atomic mass is 10.1. The Morgan fingerprint density at radius 2 is 1.61 bits per heavy atom. The summed E-state index contributed by atoms with van der Waals surface area (Å²) in [5.74, 6) is -0.709. The highest BCUT2D eigenvalue weighted by Gasteiger charge is 2.26. The second-order valence-electron chi connectivity index (χ2n) is 5.56. The van der Waals surface area contributed by atoms with Crippen LogP contribution < -0.4 is 10.0 Å². The van der Waals surface area contributed by atoms with Gasteiger partial charge in [0.25, 0.3) is 10.0 Å². The molecule has 0 fully saturated rings. The first-order chi connectivity index (χ1) is 10.7. The van der Waals surface area contributed by atoms with Crippen molar-refractivity contribution in [3.8, 4) is 0 Å². The third-order valence-corrected chi connectivity index (χ3v) is 5.47. The lowest BCUT2D eigenvalue weighted by Gasteiger charge is -2.24. The molecule has 122 valence electrons. The Morgan fingerprint density at radius 1 is 1.00 bits per heavy atom. The number of hydrogen-bond donors (Lipinski definition) is 1. The molecule has 0 spiro atoms. The summed E-state index contributed by atoms with van der Waals surface area (Å²) in [5, 5.41) is 0. The summed E-state index contributed by atoms with van der Waals surface area (Å²) < 4.78 is 26.8. The average molecular weight is 332 g/mol. The smallest absolute Gasteiger partial charge is 0.264 e. The third-order valence-electron chi connectivity index (χ3n) is 3.69. The predicted molar refractivity (Wildman–Crippen MR) is 90.8 cm³/mol. The number of carbonyl (C=O) groups is 1. The largest absolute Gasteiger partial charge is 0.368 e. The number of benzene rings is 2. The lowest BCUT2D eigenvalue weighted by Crippen LogP contribution is -2.38. The summed E-state index contributed by atoms with van der Waals surface area (Å²) in [5.41, 5.74) is 8.61. The fraction of sp³-hybridized carbons (Fsp3) is 0.235. The summed E-state index contributed by atoms with van der Waals surface area (Å²) >= 11 is 0. The van der Waals surface area contributed by atoms with E-state index in [9.17, 15) is 13.2 Å². The Balaban J connectivity index is 2.55. The van der Waals surface area contributed by atoms with E-state index in [4.69, 9.17) is 5.73 Å². The molecule has 0 saturated heterocycles. The van der Waals surface area contributed by atoms with Crippen LogP contribution in [0.2, 0.25) is 0 Å². The number of hydrogen-bond acceptors (Lipinski definition) is 3. The molecule has 0 bridgehead atoms. The molecule has 0 aliphatic carbocycles. The average Bonchev–Trinajstić information content (AvgIpc) is 2.48. The van der Waals surface area contributed by atoms with E-state index in [0.717, 1.165) is 21.0 Å². The van der Waals surface area contributed by atoms with Gasteiger partial charge in [0.15, 0.2) is 0 Å². The van der Waals surface area contributed by atoms with Crippen LogP contribution in [0.4, 0.5) is 5.69 Å². The Kier molecular flexibility index (Phi) is 4.75.